The van der Waals surface area contributed by atoms with Gasteiger partial charge in [-0.25, -0.2) is 4.98 Å². The number of nitrogens with one attached hydrogen (secondary N) is 2. The van der Waals surface area contributed by atoms with Gasteiger partial charge in [-0.3, -0.25) is 9.59 Å². The lowest BCUT2D eigenvalue weighted by Crippen LogP contribution is -2.33. The number of rotatable bonds is 6. The second-order valence-corrected chi connectivity index (χ2v) is 8.03. The Hall–Kier alpha value is -3.51. The van der Waals surface area contributed by atoms with Crippen LogP contribution in [0.25, 0.3) is 22.0 Å². The quantitative estimate of drug-likeness (QED) is 0.485. The highest BCUT2D eigenvalue weighted by Crippen LogP contribution is 2.24. The molecule has 1 heterocycles. The predicted molar refractivity (Wildman–Crippen MR) is 122 cm³/mol. The van der Waals surface area contributed by atoms with Gasteiger partial charge in [-0.1, -0.05) is 54.6 Å². The zero-order chi connectivity index (χ0) is 20.9. The van der Waals surface area contributed by atoms with Crippen LogP contribution in [0, 0.1) is 6.92 Å². The maximum Gasteiger partial charge on any atom is 0.243 e. The highest BCUT2D eigenvalue weighted by molar-refractivity contribution is 7.09. The molecule has 0 unspecified atom stereocenters. The summed E-state index contributed by atoms with van der Waals surface area (Å²) in [6.07, 6.45) is 0.229. The lowest BCUT2D eigenvalue weighted by Gasteiger charge is -2.09. The van der Waals surface area contributed by atoms with E-state index in [1.807, 2.05) is 79.0 Å². The molecule has 0 bridgehead atoms. The molecule has 1 aromatic heterocycles. The first kappa shape index (κ1) is 19.8. The maximum atomic E-state index is 12.4. The molecule has 0 atom stereocenters. The molecule has 0 fully saturated rings. The Morgan fingerprint density at radius 3 is 2.60 bits per heavy atom. The molecule has 4 aromatic rings. The fraction of sp³-hybridized carbons (Fsp3) is 0.125. The zero-order valence-corrected chi connectivity index (χ0v) is 17.3. The fourth-order valence-corrected chi connectivity index (χ4v) is 3.94. The van der Waals surface area contributed by atoms with Crippen molar-refractivity contribution in [1.82, 2.24) is 10.3 Å². The Morgan fingerprint density at radius 1 is 0.967 bits per heavy atom. The predicted octanol–water partition coefficient (Wildman–Crippen LogP) is 4.57. The van der Waals surface area contributed by atoms with Crippen molar-refractivity contribution < 1.29 is 9.59 Å². The van der Waals surface area contributed by atoms with Gasteiger partial charge in [-0.05, 0) is 35.4 Å². The van der Waals surface area contributed by atoms with E-state index in [0.29, 0.717) is 5.69 Å². The summed E-state index contributed by atoms with van der Waals surface area (Å²) in [5, 5.41) is 10.7. The number of aromatic nitrogens is 1. The summed E-state index contributed by atoms with van der Waals surface area (Å²) in [7, 11) is 0. The average molecular weight is 416 g/mol. The number of benzene rings is 3. The Balaban J connectivity index is 1.34. The first-order valence-electron chi connectivity index (χ1n) is 9.64. The molecule has 0 aliphatic heterocycles. The number of nitrogens with zero attached hydrogens (tertiary/aromatic N) is 1. The summed E-state index contributed by atoms with van der Waals surface area (Å²) >= 11 is 1.59. The van der Waals surface area contributed by atoms with Crippen molar-refractivity contribution in [3.63, 3.8) is 0 Å². The third-order valence-electron chi connectivity index (χ3n) is 4.74. The van der Waals surface area contributed by atoms with E-state index in [0.717, 1.165) is 32.6 Å². The molecule has 0 saturated carbocycles. The molecular formula is C24H21N3O2S. The van der Waals surface area contributed by atoms with E-state index < -0.39 is 0 Å². The largest absolute Gasteiger partial charge is 0.347 e. The molecule has 0 aliphatic rings. The normalized spacial score (nSPS) is 10.7. The van der Waals surface area contributed by atoms with Gasteiger partial charge in [-0.2, -0.15) is 0 Å². The number of amides is 2. The van der Waals surface area contributed by atoms with Gasteiger partial charge in [-0.15, -0.1) is 11.3 Å². The van der Waals surface area contributed by atoms with Gasteiger partial charge in [0.25, 0.3) is 0 Å². The van der Waals surface area contributed by atoms with Gasteiger partial charge in [0.15, 0.2) is 0 Å². The van der Waals surface area contributed by atoms with E-state index >= 15 is 0 Å². The van der Waals surface area contributed by atoms with Crippen molar-refractivity contribution in [2.45, 2.75) is 13.3 Å². The smallest absolute Gasteiger partial charge is 0.243 e. The lowest BCUT2D eigenvalue weighted by atomic mass is 10.0. The second-order valence-electron chi connectivity index (χ2n) is 6.97. The number of hydrogen-bond acceptors (Lipinski definition) is 4. The number of hydrogen-bond donors (Lipinski definition) is 2. The third kappa shape index (κ3) is 4.72. The first-order valence-corrected chi connectivity index (χ1v) is 10.5. The average Bonchev–Trinajstić information content (AvgIpc) is 3.19. The minimum atomic E-state index is -0.270. The van der Waals surface area contributed by atoms with Crippen LogP contribution in [0.5, 0.6) is 0 Å². The summed E-state index contributed by atoms with van der Waals surface area (Å²) in [6.45, 7) is 1.88. The molecule has 0 radical (unpaired) electrons. The number of anilines is 1. The number of carbonyl (C=O) groups is 2. The molecule has 150 valence electrons. The van der Waals surface area contributed by atoms with Crippen LogP contribution in [-0.4, -0.2) is 23.3 Å². The minimum Gasteiger partial charge on any atom is -0.347 e. The van der Waals surface area contributed by atoms with Crippen molar-refractivity contribution >= 4 is 39.6 Å². The second kappa shape index (κ2) is 8.88. The fourth-order valence-electron chi connectivity index (χ4n) is 3.32. The molecule has 30 heavy (non-hydrogen) atoms. The Bertz CT molecular complexity index is 1210. The monoisotopic (exact) mass is 415 g/mol. The lowest BCUT2D eigenvalue weighted by molar-refractivity contribution is -0.123. The molecule has 4 rings (SSSR count). The molecule has 3 aromatic carbocycles. The van der Waals surface area contributed by atoms with Gasteiger partial charge in [0.1, 0.15) is 0 Å². The van der Waals surface area contributed by atoms with Gasteiger partial charge in [0.2, 0.25) is 11.8 Å². The first-order chi connectivity index (χ1) is 14.6. The number of carbonyl (C=O) groups excluding carboxylic acids is 2. The number of fused-ring (bicyclic) bond motifs is 1. The summed E-state index contributed by atoms with van der Waals surface area (Å²) < 4.78 is 0. The molecule has 0 saturated heterocycles. The number of aryl methyl sites for hydroxylation is 1. The van der Waals surface area contributed by atoms with Crippen LogP contribution in [0.4, 0.5) is 5.69 Å². The zero-order valence-electron chi connectivity index (χ0n) is 16.5. The highest BCUT2D eigenvalue weighted by atomic mass is 32.1. The Labute approximate surface area is 178 Å². The molecule has 0 aliphatic carbocycles. The standard InChI is InChI=1S/C24H21N3O2S/c1-16-26-22(15-30-16)19-9-5-10-20(12-19)27-24(29)14-25-23(28)13-18-8-4-7-17-6-2-3-11-21(17)18/h2-12,15H,13-14H2,1H3,(H,25,28)(H,27,29). The van der Waals surface area contributed by atoms with Crippen LogP contribution in [0.3, 0.4) is 0 Å². The van der Waals surface area contributed by atoms with Crippen LogP contribution in [-0.2, 0) is 16.0 Å². The molecule has 2 N–H and O–H groups in total. The SMILES string of the molecule is Cc1nc(-c2cccc(NC(=O)CNC(=O)Cc3cccc4ccccc34)c2)cs1. The van der Waals surface area contributed by atoms with E-state index in [1.165, 1.54) is 0 Å². The molecular weight excluding hydrogens is 394 g/mol. The Kier molecular flexibility index (Phi) is 5.86. The minimum absolute atomic E-state index is 0.0797. The van der Waals surface area contributed by atoms with Crippen LogP contribution in [0.2, 0.25) is 0 Å². The van der Waals surface area contributed by atoms with E-state index in [2.05, 4.69) is 15.6 Å². The van der Waals surface area contributed by atoms with Crippen molar-refractivity contribution in [1.29, 1.82) is 0 Å². The topological polar surface area (TPSA) is 71.1 Å². The molecule has 6 heteroatoms. The highest BCUT2D eigenvalue weighted by Gasteiger charge is 2.10. The molecule has 0 spiro atoms. The van der Waals surface area contributed by atoms with E-state index in [9.17, 15) is 9.59 Å². The summed E-state index contributed by atoms with van der Waals surface area (Å²) in [5.41, 5.74) is 3.44. The van der Waals surface area contributed by atoms with Gasteiger partial charge < -0.3 is 10.6 Å². The van der Waals surface area contributed by atoms with Crippen molar-refractivity contribution in [2.24, 2.45) is 0 Å². The summed E-state index contributed by atoms with van der Waals surface area (Å²) in [5.74, 6) is -0.457. The summed E-state index contributed by atoms with van der Waals surface area (Å²) in [4.78, 5) is 29.1. The summed E-state index contributed by atoms with van der Waals surface area (Å²) in [6, 6.07) is 21.4. The molecule has 5 nitrogen and oxygen atoms in total. The third-order valence-corrected chi connectivity index (χ3v) is 5.51. The van der Waals surface area contributed by atoms with Crippen LogP contribution >= 0.6 is 11.3 Å². The van der Waals surface area contributed by atoms with Crippen LogP contribution in [0.1, 0.15) is 10.6 Å². The van der Waals surface area contributed by atoms with Crippen LogP contribution in [0.15, 0.2) is 72.1 Å². The Morgan fingerprint density at radius 2 is 1.77 bits per heavy atom. The van der Waals surface area contributed by atoms with Crippen molar-refractivity contribution in [3.8, 4) is 11.3 Å². The maximum absolute atomic E-state index is 12.4. The van der Waals surface area contributed by atoms with E-state index in [1.54, 1.807) is 11.3 Å². The van der Waals surface area contributed by atoms with Gasteiger partial charge >= 0.3 is 0 Å². The number of thiazole rings is 1. The molecule has 2 amide bonds. The van der Waals surface area contributed by atoms with Crippen molar-refractivity contribution in [2.75, 3.05) is 11.9 Å². The van der Waals surface area contributed by atoms with Crippen molar-refractivity contribution in [3.05, 3.63) is 82.7 Å². The van der Waals surface area contributed by atoms with E-state index in [-0.39, 0.29) is 24.8 Å². The van der Waals surface area contributed by atoms with Gasteiger partial charge in [0.05, 0.1) is 23.7 Å². The van der Waals surface area contributed by atoms with E-state index in [4.69, 9.17) is 0 Å². The van der Waals surface area contributed by atoms with Crippen LogP contribution < -0.4 is 10.6 Å². The van der Waals surface area contributed by atoms with Gasteiger partial charge in [0, 0.05) is 16.6 Å².